The minimum atomic E-state index is -1.12. The molecule has 0 bridgehead atoms. The summed E-state index contributed by atoms with van der Waals surface area (Å²) in [6.07, 6.45) is -0.314. The van der Waals surface area contributed by atoms with E-state index in [1.54, 1.807) is 6.92 Å². The first-order valence-corrected chi connectivity index (χ1v) is 5.35. The number of nitrogens with two attached hydrogens (primary N) is 1. The minimum Gasteiger partial charge on any atom is -0.480 e. The number of carboxylic acids is 1. The largest absolute Gasteiger partial charge is 0.480 e. The van der Waals surface area contributed by atoms with Gasteiger partial charge < -0.3 is 21.1 Å². The van der Waals surface area contributed by atoms with Gasteiger partial charge in [0.05, 0.1) is 0 Å². The third kappa shape index (κ3) is 8.38. The molecular formula is C12H19NO4. The van der Waals surface area contributed by atoms with Crippen LogP contribution in [-0.2, 0) is 11.2 Å². The average Bonchev–Trinajstić information content (AvgIpc) is 2.31. The van der Waals surface area contributed by atoms with Gasteiger partial charge in [-0.3, -0.25) is 4.79 Å². The van der Waals surface area contributed by atoms with Crippen molar-refractivity contribution in [1.82, 2.24) is 0 Å². The van der Waals surface area contributed by atoms with Crippen molar-refractivity contribution in [3.05, 3.63) is 35.9 Å². The molecule has 1 aromatic carbocycles. The SMILES string of the molecule is CCC(O)O.N[C@@H](Cc1ccccc1)C(=O)O. The Morgan fingerprint density at radius 3 is 2.12 bits per heavy atom. The van der Waals surface area contributed by atoms with Gasteiger partial charge in [0.1, 0.15) is 6.04 Å². The van der Waals surface area contributed by atoms with Crippen molar-refractivity contribution in [2.24, 2.45) is 5.73 Å². The van der Waals surface area contributed by atoms with Crippen LogP contribution < -0.4 is 5.73 Å². The van der Waals surface area contributed by atoms with Crippen molar-refractivity contribution in [2.75, 3.05) is 0 Å². The van der Waals surface area contributed by atoms with Gasteiger partial charge in [-0.25, -0.2) is 0 Å². The standard InChI is InChI=1S/C9H11NO2.C3H8O2/c10-8(9(11)12)6-7-4-2-1-3-5-7;1-2-3(4)5/h1-5,8H,6,10H2,(H,11,12);3-5H,2H2,1H3/t8-;/m0./s1. The molecular weight excluding hydrogens is 222 g/mol. The van der Waals surface area contributed by atoms with Crippen molar-refractivity contribution in [1.29, 1.82) is 0 Å². The number of rotatable bonds is 4. The van der Waals surface area contributed by atoms with Crippen molar-refractivity contribution in [3.63, 3.8) is 0 Å². The maximum absolute atomic E-state index is 10.4. The molecule has 1 atom stereocenters. The maximum atomic E-state index is 10.4. The summed E-state index contributed by atoms with van der Waals surface area (Å²) in [6, 6.07) is 8.54. The maximum Gasteiger partial charge on any atom is 0.320 e. The van der Waals surface area contributed by atoms with Crippen LogP contribution in [0, 0.1) is 0 Å². The van der Waals surface area contributed by atoms with Crippen LogP contribution in [0.3, 0.4) is 0 Å². The van der Waals surface area contributed by atoms with Crippen LogP contribution in [0.15, 0.2) is 30.3 Å². The predicted octanol–water partition coefficient (Wildman–Crippen LogP) is 0.348. The second-order valence-corrected chi connectivity index (χ2v) is 3.52. The Morgan fingerprint density at radius 2 is 1.76 bits per heavy atom. The predicted molar refractivity (Wildman–Crippen MR) is 64.3 cm³/mol. The van der Waals surface area contributed by atoms with Gasteiger partial charge in [0.15, 0.2) is 6.29 Å². The summed E-state index contributed by atoms with van der Waals surface area (Å²) in [5.41, 5.74) is 6.30. The average molecular weight is 241 g/mol. The van der Waals surface area contributed by atoms with Gasteiger partial charge in [0.25, 0.3) is 0 Å². The van der Waals surface area contributed by atoms with E-state index in [9.17, 15) is 4.79 Å². The number of aliphatic hydroxyl groups excluding tert-OH is 1. The Balaban J connectivity index is 0.000000437. The molecule has 0 saturated heterocycles. The van der Waals surface area contributed by atoms with Crippen molar-refractivity contribution >= 4 is 5.97 Å². The van der Waals surface area contributed by atoms with Crippen LogP contribution in [0.25, 0.3) is 0 Å². The monoisotopic (exact) mass is 241 g/mol. The van der Waals surface area contributed by atoms with E-state index in [1.807, 2.05) is 30.3 Å². The third-order valence-corrected chi connectivity index (χ3v) is 1.98. The quantitative estimate of drug-likeness (QED) is 0.569. The highest BCUT2D eigenvalue weighted by Gasteiger charge is 2.10. The first-order chi connectivity index (χ1) is 7.97. The lowest BCUT2D eigenvalue weighted by Crippen LogP contribution is -2.32. The van der Waals surface area contributed by atoms with Crippen molar-refractivity contribution < 1.29 is 20.1 Å². The molecule has 0 unspecified atom stereocenters. The summed E-state index contributed by atoms with van der Waals surface area (Å²) in [4.78, 5) is 10.4. The van der Waals surface area contributed by atoms with E-state index >= 15 is 0 Å². The molecule has 0 aliphatic heterocycles. The van der Waals surface area contributed by atoms with E-state index in [2.05, 4.69) is 0 Å². The molecule has 0 aliphatic rings. The summed E-state index contributed by atoms with van der Waals surface area (Å²) < 4.78 is 0. The first kappa shape index (κ1) is 15.6. The molecule has 1 aromatic rings. The zero-order chi connectivity index (χ0) is 13.3. The van der Waals surface area contributed by atoms with Gasteiger partial charge in [-0.05, 0) is 18.4 Å². The molecule has 17 heavy (non-hydrogen) atoms. The number of aliphatic hydroxyl groups is 2. The highest BCUT2D eigenvalue weighted by atomic mass is 16.5. The Kier molecular flexibility index (Phi) is 7.96. The van der Waals surface area contributed by atoms with Crippen LogP contribution in [-0.4, -0.2) is 33.6 Å². The Bertz CT molecular complexity index is 314. The molecule has 96 valence electrons. The van der Waals surface area contributed by atoms with Crippen LogP contribution in [0.2, 0.25) is 0 Å². The van der Waals surface area contributed by atoms with Gasteiger partial charge >= 0.3 is 5.97 Å². The van der Waals surface area contributed by atoms with E-state index in [4.69, 9.17) is 21.1 Å². The molecule has 0 fully saturated rings. The molecule has 0 amide bonds. The molecule has 0 saturated carbocycles. The van der Waals surface area contributed by atoms with Crippen LogP contribution in [0.4, 0.5) is 0 Å². The number of aliphatic carboxylic acids is 1. The number of hydrogen-bond acceptors (Lipinski definition) is 4. The fraction of sp³-hybridized carbons (Fsp3) is 0.417. The van der Waals surface area contributed by atoms with Gasteiger partial charge in [-0.2, -0.15) is 0 Å². The molecule has 1 rings (SSSR count). The zero-order valence-electron chi connectivity index (χ0n) is 9.78. The van der Waals surface area contributed by atoms with Gasteiger partial charge in [0, 0.05) is 0 Å². The van der Waals surface area contributed by atoms with Gasteiger partial charge in [-0.1, -0.05) is 37.3 Å². The van der Waals surface area contributed by atoms with E-state index < -0.39 is 18.3 Å². The molecule has 0 spiro atoms. The number of benzene rings is 1. The Hall–Kier alpha value is -1.43. The third-order valence-electron chi connectivity index (χ3n) is 1.98. The van der Waals surface area contributed by atoms with Crippen molar-refractivity contribution in [3.8, 4) is 0 Å². The minimum absolute atomic E-state index is 0.385. The molecule has 5 N–H and O–H groups in total. The van der Waals surface area contributed by atoms with Crippen molar-refractivity contribution in [2.45, 2.75) is 32.1 Å². The summed E-state index contributed by atoms with van der Waals surface area (Å²) >= 11 is 0. The topological polar surface area (TPSA) is 104 Å². The zero-order valence-corrected chi connectivity index (χ0v) is 9.78. The highest BCUT2D eigenvalue weighted by molar-refractivity contribution is 5.73. The molecule has 0 aromatic heterocycles. The van der Waals surface area contributed by atoms with E-state index in [1.165, 1.54) is 0 Å². The second kappa shape index (κ2) is 8.69. The lowest BCUT2D eigenvalue weighted by Gasteiger charge is -2.04. The van der Waals surface area contributed by atoms with E-state index in [-0.39, 0.29) is 0 Å². The highest BCUT2D eigenvalue weighted by Crippen LogP contribution is 2.01. The smallest absolute Gasteiger partial charge is 0.320 e. The molecule has 0 aliphatic carbocycles. The van der Waals surface area contributed by atoms with Crippen LogP contribution >= 0.6 is 0 Å². The summed E-state index contributed by atoms with van der Waals surface area (Å²) in [5, 5.41) is 24.4. The molecule has 0 heterocycles. The summed E-state index contributed by atoms with van der Waals surface area (Å²) in [5.74, 6) is -0.959. The number of hydrogen-bond donors (Lipinski definition) is 4. The second-order valence-electron chi connectivity index (χ2n) is 3.52. The normalized spacial score (nSPS) is 11.6. The van der Waals surface area contributed by atoms with Gasteiger partial charge in [0.2, 0.25) is 0 Å². The molecule has 0 radical (unpaired) electrons. The van der Waals surface area contributed by atoms with E-state index in [0.29, 0.717) is 12.8 Å². The van der Waals surface area contributed by atoms with Crippen LogP contribution in [0.5, 0.6) is 0 Å². The summed E-state index contributed by atoms with van der Waals surface area (Å²) in [6.45, 7) is 1.70. The fourth-order valence-corrected chi connectivity index (χ4v) is 0.955. The molecule has 5 nitrogen and oxygen atoms in total. The van der Waals surface area contributed by atoms with Gasteiger partial charge in [-0.15, -0.1) is 0 Å². The summed E-state index contributed by atoms with van der Waals surface area (Å²) in [7, 11) is 0. The Morgan fingerprint density at radius 1 is 1.29 bits per heavy atom. The lowest BCUT2D eigenvalue weighted by molar-refractivity contribution is -0.138. The number of carbonyl (C=O) groups is 1. The lowest BCUT2D eigenvalue weighted by atomic mass is 10.1. The fourth-order valence-electron chi connectivity index (χ4n) is 0.955. The first-order valence-electron chi connectivity index (χ1n) is 5.35. The van der Waals surface area contributed by atoms with Crippen LogP contribution in [0.1, 0.15) is 18.9 Å². The molecule has 5 heteroatoms. The van der Waals surface area contributed by atoms with E-state index in [0.717, 1.165) is 5.56 Å². The number of carboxylic acid groups (broad SMARTS) is 1. The Labute approximate surface area is 101 Å².